The molecular weight excluding hydrogens is 252 g/mol. The monoisotopic (exact) mass is 274 g/mol. The van der Waals surface area contributed by atoms with Crippen LogP contribution in [0.2, 0.25) is 0 Å². The maximum absolute atomic E-state index is 4.05. The average Bonchev–Trinajstić information content (AvgIpc) is 2.53. The largest absolute Gasteiger partial charge is 0.0984 e. The lowest BCUT2D eigenvalue weighted by Crippen LogP contribution is -1.92. The lowest BCUT2D eigenvalue weighted by Gasteiger charge is -2.11. The molecule has 3 aromatic carbocycles. The molecule has 3 aromatic rings. The van der Waals surface area contributed by atoms with Gasteiger partial charge >= 0.3 is 0 Å². The third-order valence-corrected chi connectivity index (χ3v) is 4.27. The minimum absolute atomic E-state index is 1.15. The Morgan fingerprint density at radius 2 is 1.67 bits per heavy atom. The van der Waals surface area contributed by atoms with Crippen LogP contribution in [0.3, 0.4) is 0 Å². The normalized spacial score (nSPS) is 11.1. The van der Waals surface area contributed by atoms with E-state index in [0.717, 1.165) is 6.42 Å². The molecule has 0 bridgehead atoms. The maximum atomic E-state index is 4.05. The highest BCUT2D eigenvalue weighted by Gasteiger charge is 2.06. The predicted octanol–water partition coefficient (Wildman–Crippen LogP) is 6.37. The molecule has 0 amide bonds. The molecule has 0 heteroatoms. The van der Waals surface area contributed by atoms with Gasteiger partial charge in [-0.15, -0.1) is 0 Å². The minimum atomic E-state index is 1.15. The fourth-order valence-corrected chi connectivity index (χ4v) is 3.11. The molecule has 0 heterocycles. The molecule has 0 N–H and O–H groups in total. The van der Waals surface area contributed by atoms with Crippen molar-refractivity contribution < 1.29 is 0 Å². The summed E-state index contributed by atoms with van der Waals surface area (Å²) >= 11 is 0. The average molecular weight is 274 g/mol. The van der Waals surface area contributed by atoms with Gasteiger partial charge in [0, 0.05) is 0 Å². The van der Waals surface area contributed by atoms with E-state index >= 15 is 0 Å². The summed E-state index contributed by atoms with van der Waals surface area (Å²) in [7, 11) is 0. The Balaban J connectivity index is 2.14. The summed E-state index contributed by atoms with van der Waals surface area (Å²) in [6.45, 7) is 6.30. The standard InChI is InChI=1S/C21H22/c1-3-5-6-9-16-12-13-19-14-17-10-7-8-11-18(17)15-21(19)20(16)4-2/h4,7-8,10-15H,2-3,5-6,9H2,1H3. The van der Waals surface area contributed by atoms with Crippen molar-refractivity contribution in [3.63, 3.8) is 0 Å². The summed E-state index contributed by atoms with van der Waals surface area (Å²) in [6.07, 6.45) is 7.00. The van der Waals surface area contributed by atoms with Gasteiger partial charge in [-0.2, -0.15) is 0 Å². The van der Waals surface area contributed by atoms with Crippen LogP contribution in [-0.2, 0) is 6.42 Å². The summed E-state index contributed by atoms with van der Waals surface area (Å²) in [6, 6.07) is 17.7. The Labute approximate surface area is 127 Å². The van der Waals surface area contributed by atoms with Gasteiger partial charge in [0.15, 0.2) is 0 Å². The van der Waals surface area contributed by atoms with Crippen molar-refractivity contribution in [2.75, 3.05) is 0 Å². The van der Waals surface area contributed by atoms with E-state index in [9.17, 15) is 0 Å². The van der Waals surface area contributed by atoms with Gasteiger partial charge in [0.1, 0.15) is 0 Å². The fourth-order valence-electron chi connectivity index (χ4n) is 3.11. The van der Waals surface area contributed by atoms with Crippen molar-refractivity contribution in [2.45, 2.75) is 32.6 Å². The van der Waals surface area contributed by atoms with Crippen LogP contribution in [-0.4, -0.2) is 0 Å². The molecule has 0 aliphatic carbocycles. The molecule has 0 aliphatic rings. The zero-order chi connectivity index (χ0) is 14.7. The number of rotatable bonds is 5. The van der Waals surface area contributed by atoms with E-state index in [0.29, 0.717) is 0 Å². The van der Waals surface area contributed by atoms with E-state index < -0.39 is 0 Å². The molecule has 0 atom stereocenters. The number of fused-ring (bicyclic) bond motifs is 2. The topological polar surface area (TPSA) is 0 Å². The first-order valence-corrected chi connectivity index (χ1v) is 7.90. The van der Waals surface area contributed by atoms with E-state index in [1.165, 1.54) is 51.9 Å². The maximum Gasteiger partial charge on any atom is -0.0102 e. The first-order chi connectivity index (χ1) is 10.3. The van der Waals surface area contributed by atoms with E-state index in [2.05, 4.69) is 62.0 Å². The number of hydrogen-bond acceptors (Lipinski definition) is 0. The van der Waals surface area contributed by atoms with Gasteiger partial charge < -0.3 is 0 Å². The first kappa shape index (κ1) is 13.9. The van der Waals surface area contributed by atoms with Crippen LogP contribution in [0.25, 0.3) is 27.6 Å². The predicted molar refractivity (Wildman–Crippen MR) is 94.8 cm³/mol. The van der Waals surface area contributed by atoms with Crippen molar-refractivity contribution >= 4 is 27.6 Å². The molecule has 21 heavy (non-hydrogen) atoms. The van der Waals surface area contributed by atoms with Crippen LogP contribution in [0.4, 0.5) is 0 Å². The Morgan fingerprint density at radius 3 is 2.38 bits per heavy atom. The Bertz CT molecular complexity index is 780. The number of aryl methyl sites for hydroxylation is 1. The molecule has 0 nitrogen and oxygen atoms in total. The molecule has 0 aliphatic heterocycles. The Morgan fingerprint density at radius 1 is 0.905 bits per heavy atom. The van der Waals surface area contributed by atoms with Crippen molar-refractivity contribution in [1.82, 2.24) is 0 Å². The number of unbranched alkanes of at least 4 members (excludes halogenated alkanes) is 2. The Kier molecular flexibility index (Phi) is 4.06. The summed E-state index contributed by atoms with van der Waals surface area (Å²) in [5.74, 6) is 0. The molecule has 0 saturated heterocycles. The lowest BCUT2D eigenvalue weighted by molar-refractivity contribution is 0.717. The first-order valence-electron chi connectivity index (χ1n) is 7.90. The van der Waals surface area contributed by atoms with Gasteiger partial charge in [0.25, 0.3) is 0 Å². The summed E-state index contributed by atoms with van der Waals surface area (Å²) in [5.41, 5.74) is 2.75. The van der Waals surface area contributed by atoms with E-state index in [1.54, 1.807) is 0 Å². The van der Waals surface area contributed by atoms with Gasteiger partial charge in [-0.05, 0) is 57.6 Å². The van der Waals surface area contributed by atoms with Crippen molar-refractivity contribution in [1.29, 1.82) is 0 Å². The molecule has 0 radical (unpaired) electrons. The third-order valence-electron chi connectivity index (χ3n) is 4.27. The third kappa shape index (κ3) is 2.71. The summed E-state index contributed by atoms with van der Waals surface area (Å²) in [5, 5.41) is 5.25. The highest BCUT2D eigenvalue weighted by Crippen LogP contribution is 2.29. The van der Waals surface area contributed by atoms with Crippen LogP contribution in [0, 0.1) is 0 Å². The molecule has 0 saturated carbocycles. The van der Waals surface area contributed by atoms with Gasteiger partial charge in [-0.1, -0.05) is 68.8 Å². The molecule has 0 fully saturated rings. The molecular formula is C21H22. The van der Waals surface area contributed by atoms with Gasteiger partial charge in [-0.3, -0.25) is 0 Å². The van der Waals surface area contributed by atoms with Gasteiger partial charge in [0.05, 0.1) is 0 Å². The zero-order valence-corrected chi connectivity index (χ0v) is 12.7. The highest BCUT2D eigenvalue weighted by atomic mass is 14.1. The molecule has 0 spiro atoms. The fraction of sp³-hybridized carbons (Fsp3) is 0.238. The van der Waals surface area contributed by atoms with Crippen LogP contribution < -0.4 is 0 Å². The van der Waals surface area contributed by atoms with Crippen molar-refractivity contribution in [2.24, 2.45) is 0 Å². The minimum Gasteiger partial charge on any atom is -0.0984 e. The molecule has 0 unspecified atom stereocenters. The van der Waals surface area contributed by atoms with Crippen molar-refractivity contribution in [3.8, 4) is 0 Å². The van der Waals surface area contributed by atoms with Crippen LogP contribution in [0.5, 0.6) is 0 Å². The quantitative estimate of drug-likeness (QED) is 0.374. The summed E-state index contributed by atoms with van der Waals surface area (Å²) in [4.78, 5) is 0. The van der Waals surface area contributed by atoms with Gasteiger partial charge in [-0.25, -0.2) is 0 Å². The van der Waals surface area contributed by atoms with Crippen molar-refractivity contribution in [3.05, 3.63) is 66.2 Å². The SMILES string of the molecule is C=Cc1c(CCCCC)ccc2cc3ccccc3cc12. The number of hydrogen-bond donors (Lipinski definition) is 0. The number of benzene rings is 3. The van der Waals surface area contributed by atoms with E-state index in [4.69, 9.17) is 0 Å². The highest BCUT2D eigenvalue weighted by molar-refractivity contribution is 6.02. The smallest absolute Gasteiger partial charge is 0.0102 e. The summed E-state index contributed by atoms with van der Waals surface area (Å²) < 4.78 is 0. The zero-order valence-electron chi connectivity index (χ0n) is 12.7. The van der Waals surface area contributed by atoms with E-state index in [-0.39, 0.29) is 0 Å². The lowest BCUT2D eigenvalue weighted by atomic mass is 9.93. The second kappa shape index (κ2) is 6.13. The van der Waals surface area contributed by atoms with Gasteiger partial charge in [0.2, 0.25) is 0 Å². The second-order valence-electron chi connectivity index (χ2n) is 5.72. The molecule has 3 rings (SSSR count). The van der Waals surface area contributed by atoms with Crippen LogP contribution in [0.1, 0.15) is 37.3 Å². The van der Waals surface area contributed by atoms with E-state index in [1.807, 2.05) is 6.08 Å². The molecule has 106 valence electrons. The Hall–Kier alpha value is -2.08. The van der Waals surface area contributed by atoms with Crippen LogP contribution >= 0.6 is 0 Å². The molecule has 0 aromatic heterocycles. The van der Waals surface area contributed by atoms with Crippen LogP contribution in [0.15, 0.2) is 55.1 Å². The second-order valence-corrected chi connectivity index (χ2v) is 5.72.